The molecule has 1 aliphatic rings. The van der Waals surface area contributed by atoms with E-state index < -0.39 is 10.0 Å². The Bertz CT molecular complexity index is 967. The summed E-state index contributed by atoms with van der Waals surface area (Å²) in [6.45, 7) is 6.75. The Morgan fingerprint density at radius 2 is 1.85 bits per heavy atom. The van der Waals surface area contributed by atoms with E-state index in [9.17, 15) is 13.2 Å². The summed E-state index contributed by atoms with van der Waals surface area (Å²) in [7, 11) is -3.22. The summed E-state index contributed by atoms with van der Waals surface area (Å²) in [6.07, 6.45) is 1.31. The maximum absolute atomic E-state index is 12.5. The fourth-order valence-corrected chi connectivity index (χ4v) is 4.80. The largest absolute Gasteiger partial charge is 0.322 e. The van der Waals surface area contributed by atoms with Gasteiger partial charge in [0.2, 0.25) is 10.0 Å². The highest BCUT2D eigenvalue weighted by Gasteiger charge is 2.26. The standard InChI is InChI=1S/C21H26N2O3S/c1-4-11-27(25,26)23-10-9-17-7-8-20(13-19(17)14-23)22-21(24)18-6-5-15(2)16(3)12-18/h5-8,12-13H,4,9-11,14H2,1-3H3,(H,22,24). The Balaban J connectivity index is 1.78. The average molecular weight is 387 g/mol. The van der Waals surface area contributed by atoms with Gasteiger partial charge >= 0.3 is 0 Å². The molecule has 1 amide bonds. The molecule has 0 atom stereocenters. The van der Waals surface area contributed by atoms with Crippen molar-refractivity contribution in [3.05, 3.63) is 64.2 Å². The highest BCUT2D eigenvalue weighted by atomic mass is 32.2. The van der Waals surface area contributed by atoms with Crippen molar-refractivity contribution >= 4 is 21.6 Å². The lowest BCUT2D eigenvalue weighted by Crippen LogP contribution is -2.37. The minimum absolute atomic E-state index is 0.163. The molecule has 6 heteroatoms. The summed E-state index contributed by atoms with van der Waals surface area (Å²) in [5.74, 6) is 0.00949. The molecule has 2 aromatic rings. The van der Waals surface area contributed by atoms with E-state index in [1.807, 2.05) is 57.2 Å². The molecule has 2 aromatic carbocycles. The molecule has 0 saturated heterocycles. The molecule has 0 unspecified atom stereocenters. The second kappa shape index (κ2) is 7.82. The minimum Gasteiger partial charge on any atom is -0.322 e. The molecule has 0 radical (unpaired) electrons. The number of hydrogen-bond acceptors (Lipinski definition) is 3. The molecule has 27 heavy (non-hydrogen) atoms. The Kier molecular flexibility index (Phi) is 5.67. The van der Waals surface area contributed by atoms with Crippen LogP contribution in [0.1, 0.15) is 46.0 Å². The molecule has 1 aliphatic heterocycles. The van der Waals surface area contributed by atoms with Crippen molar-refractivity contribution in [3.8, 4) is 0 Å². The van der Waals surface area contributed by atoms with Crippen molar-refractivity contribution in [1.29, 1.82) is 0 Å². The number of benzene rings is 2. The number of anilines is 1. The second-order valence-corrected chi connectivity index (χ2v) is 9.22. The van der Waals surface area contributed by atoms with Crippen molar-refractivity contribution in [1.82, 2.24) is 4.31 Å². The van der Waals surface area contributed by atoms with E-state index in [1.165, 1.54) is 0 Å². The monoisotopic (exact) mass is 386 g/mol. The van der Waals surface area contributed by atoms with Crippen LogP contribution in [-0.2, 0) is 23.0 Å². The fraction of sp³-hybridized carbons (Fsp3) is 0.381. The van der Waals surface area contributed by atoms with E-state index in [0.717, 1.165) is 22.3 Å². The first-order chi connectivity index (χ1) is 12.8. The fourth-order valence-electron chi connectivity index (χ4n) is 3.32. The zero-order chi connectivity index (χ0) is 19.6. The number of carbonyl (C=O) groups is 1. The van der Waals surface area contributed by atoms with Crippen LogP contribution in [0.3, 0.4) is 0 Å². The van der Waals surface area contributed by atoms with Crippen LogP contribution in [0.2, 0.25) is 0 Å². The first kappa shape index (κ1) is 19.6. The number of fused-ring (bicyclic) bond motifs is 1. The number of nitrogens with zero attached hydrogens (tertiary/aromatic N) is 1. The van der Waals surface area contributed by atoms with E-state index in [1.54, 1.807) is 4.31 Å². The van der Waals surface area contributed by atoms with Gasteiger partial charge in [-0.05, 0) is 73.2 Å². The first-order valence-electron chi connectivity index (χ1n) is 9.28. The Morgan fingerprint density at radius 3 is 2.56 bits per heavy atom. The van der Waals surface area contributed by atoms with Gasteiger partial charge in [0.1, 0.15) is 0 Å². The van der Waals surface area contributed by atoms with Gasteiger partial charge in [0, 0.05) is 24.3 Å². The van der Waals surface area contributed by atoms with Crippen LogP contribution in [0, 0.1) is 13.8 Å². The minimum atomic E-state index is -3.22. The van der Waals surface area contributed by atoms with Gasteiger partial charge in [-0.1, -0.05) is 19.1 Å². The Morgan fingerprint density at radius 1 is 1.07 bits per heavy atom. The summed E-state index contributed by atoms with van der Waals surface area (Å²) in [5, 5.41) is 2.93. The molecule has 1 heterocycles. The SMILES string of the molecule is CCCS(=O)(=O)N1CCc2ccc(NC(=O)c3ccc(C)c(C)c3)cc2C1. The molecule has 0 aliphatic carbocycles. The van der Waals surface area contributed by atoms with Gasteiger partial charge in [0.15, 0.2) is 0 Å². The zero-order valence-electron chi connectivity index (χ0n) is 16.1. The lowest BCUT2D eigenvalue weighted by Gasteiger charge is -2.28. The molecule has 144 valence electrons. The lowest BCUT2D eigenvalue weighted by molar-refractivity contribution is 0.102. The highest BCUT2D eigenvalue weighted by Crippen LogP contribution is 2.25. The smallest absolute Gasteiger partial charge is 0.255 e. The number of sulfonamides is 1. The maximum Gasteiger partial charge on any atom is 0.255 e. The average Bonchev–Trinajstić information content (AvgIpc) is 2.63. The van der Waals surface area contributed by atoms with E-state index in [0.29, 0.717) is 37.2 Å². The molecule has 0 aromatic heterocycles. The normalized spacial score (nSPS) is 14.6. The van der Waals surface area contributed by atoms with Gasteiger partial charge in [0.25, 0.3) is 5.91 Å². The third-order valence-electron chi connectivity index (χ3n) is 5.07. The zero-order valence-corrected chi connectivity index (χ0v) is 16.9. The third-order valence-corrected chi connectivity index (χ3v) is 7.09. The van der Waals surface area contributed by atoms with E-state index >= 15 is 0 Å². The Labute approximate surface area is 161 Å². The molecule has 0 fully saturated rings. The van der Waals surface area contributed by atoms with Crippen LogP contribution in [0.15, 0.2) is 36.4 Å². The van der Waals surface area contributed by atoms with Crippen LogP contribution in [0.4, 0.5) is 5.69 Å². The molecular formula is C21H26N2O3S. The number of aryl methyl sites for hydroxylation is 2. The molecule has 5 nitrogen and oxygen atoms in total. The summed E-state index contributed by atoms with van der Waals surface area (Å²) < 4.78 is 26.3. The van der Waals surface area contributed by atoms with Gasteiger partial charge in [-0.15, -0.1) is 0 Å². The molecular weight excluding hydrogens is 360 g/mol. The first-order valence-corrected chi connectivity index (χ1v) is 10.9. The van der Waals surface area contributed by atoms with Crippen LogP contribution >= 0.6 is 0 Å². The summed E-state index contributed by atoms with van der Waals surface area (Å²) in [6, 6.07) is 11.4. The van der Waals surface area contributed by atoms with Crippen molar-refractivity contribution in [2.45, 2.75) is 40.2 Å². The van der Waals surface area contributed by atoms with Crippen molar-refractivity contribution in [2.75, 3.05) is 17.6 Å². The van der Waals surface area contributed by atoms with Crippen LogP contribution < -0.4 is 5.32 Å². The number of rotatable bonds is 5. The topological polar surface area (TPSA) is 66.5 Å². The second-order valence-electron chi connectivity index (χ2n) is 7.14. The van der Waals surface area contributed by atoms with E-state index in [4.69, 9.17) is 0 Å². The molecule has 0 bridgehead atoms. The summed E-state index contributed by atoms with van der Waals surface area (Å²) in [4.78, 5) is 12.5. The third kappa shape index (κ3) is 4.39. The lowest BCUT2D eigenvalue weighted by atomic mass is 10.0. The number of amides is 1. The van der Waals surface area contributed by atoms with E-state index in [-0.39, 0.29) is 11.7 Å². The van der Waals surface area contributed by atoms with Gasteiger partial charge in [-0.25, -0.2) is 8.42 Å². The van der Waals surface area contributed by atoms with Crippen LogP contribution in [0.25, 0.3) is 0 Å². The predicted octanol–water partition coefficient (Wildman–Crippen LogP) is 3.65. The maximum atomic E-state index is 12.5. The van der Waals surface area contributed by atoms with Crippen molar-refractivity contribution in [3.63, 3.8) is 0 Å². The van der Waals surface area contributed by atoms with Gasteiger partial charge in [-0.3, -0.25) is 4.79 Å². The Hall–Kier alpha value is -2.18. The van der Waals surface area contributed by atoms with Crippen molar-refractivity contribution < 1.29 is 13.2 Å². The number of carbonyl (C=O) groups excluding carboxylic acids is 1. The van der Waals surface area contributed by atoms with Gasteiger partial charge < -0.3 is 5.32 Å². The van der Waals surface area contributed by atoms with Crippen LogP contribution in [0.5, 0.6) is 0 Å². The molecule has 1 N–H and O–H groups in total. The van der Waals surface area contributed by atoms with Crippen LogP contribution in [-0.4, -0.2) is 30.9 Å². The molecule has 3 rings (SSSR count). The summed E-state index contributed by atoms with van der Waals surface area (Å²) >= 11 is 0. The number of nitrogens with one attached hydrogen (secondary N) is 1. The molecule has 0 saturated carbocycles. The highest BCUT2D eigenvalue weighted by molar-refractivity contribution is 7.89. The summed E-state index contributed by atoms with van der Waals surface area (Å²) in [5.41, 5.74) is 5.62. The van der Waals surface area contributed by atoms with E-state index in [2.05, 4.69) is 5.32 Å². The quantitative estimate of drug-likeness (QED) is 0.853. The van der Waals surface area contributed by atoms with Crippen molar-refractivity contribution in [2.24, 2.45) is 0 Å². The predicted molar refractivity (Wildman–Crippen MR) is 109 cm³/mol. The number of hydrogen-bond donors (Lipinski definition) is 1. The van der Waals surface area contributed by atoms with Gasteiger partial charge in [0.05, 0.1) is 5.75 Å². The molecule has 0 spiro atoms. The van der Waals surface area contributed by atoms with Gasteiger partial charge in [-0.2, -0.15) is 4.31 Å².